The van der Waals surface area contributed by atoms with Gasteiger partial charge in [0, 0.05) is 15.9 Å². The van der Waals surface area contributed by atoms with Crippen molar-refractivity contribution in [1.29, 1.82) is 0 Å². The molecule has 1 aliphatic carbocycles. The van der Waals surface area contributed by atoms with Crippen molar-refractivity contribution in [1.82, 2.24) is 4.72 Å². The fourth-order valence-electron chi connectivity index (χ4n) is 2.10. The Morgan fingerprint density at radius 3 is 2.20 bits per heavy atom. The summed E-state index contributed by atoms with van der Waals surface area (Å²) in [5.74, 6) is 0. The van der Waals surface area contributed by atoms with Crippen LogP contribution in [0.2, 0.25) is 10.0 Å². The van der Waals surface area contributed by atoms with E-state index in [1.54, 1.807) is 0 Å². The number of rotatable bonds is 3. The Morgan fingerprint density at radius 1 is 1.30 bits per heavy atom. The molecule has 1 saturated carbocycles. The van der Waals surface area contributed by atoms with Gasteiger partial charge in [0.05, 0.1) is 10.0 Å². The molecule has 1 fully saturated rings. The van der Waals surface area contributed by atoms with Crippen molar-refractivity contribution in [3.63, 3.8) is 0 Å². The summed E-state index contributed by atoms with van der Waals surface area (Å²) in [5.41, 5.74) is -0.303. The molecule has 1 N–H and O–H groups in total. The summed E-state index contributed by atoms with van der Waals surface area (Å²) in [4.78, 5) is -0.0992. The fraction of sp³-hybridized carbons (Fsp3) is 0.500. The number of hydrogen-bond acceptors (Lipinski definition) is 2. The average molecular weight is 422 g/mol. The van der Waals surface area contributed by atoms with E-state index in [0.717, 1.165) is 0 Å². The molecule has 2 unspecified atom stereocenters. The first-order valence-corrected chi connectivity index (χ1v) is 9.33. The molecule has 3 nitrogen and oxygen atoms in total. The number of alkyl halides is 1. The SMILES string of the molecule is CC1(C)C(Cl)CC1NS(=O)(=O)c1c(Cl)cc(Br)cc1Cl. The molecule has 0 aliphatic heterocycles. The quantitative estimate of drug-likeness (QED) is 0.734. The van der Waals surface area contributed by atoms with Crippen LogP contribution in [-0.2, 0) is 10.0 Å². The van der Waals surface area contributed by atoms with Crippen LogP contribution in [0.4, 0.5) is 0 Å². The molecule has 2 atom stereocenters. The highest BCUT2D eigenvalue weighted by atomic mass is 79.9. The minimum atomic E-state index is -3.79. The van der Waals surface area contributed by atoms with Gasteiger partial charge in [-0.25, -0.2) is 13.1 Å². The third kappa shape index (κ3) is 2.99. The highest BCUT2D eigenvalue weighted by molar-refractivity contribution is 9.10. The van der Waals surface area contributed by atoms with E-state index in [4.69, 9.17) is 34.8 Å². The number of halogens is 4. The largest absolute Gasteiger partial charge is 0.243 e. The monoisotopic (exact) mass is 419 g/mol. The zero-order valence-corrected chi connectivity index (χ0v) is 15.4. The molecule has 112 valence electrons. The smallest absolute Gasteiger partial charge is 0.207 e. The molecule has 1 aromatic carbocycles. The molecule has 0 bridgehead atoms. The van der Waals surface area contributed by atoms with E-state index in [-0.39, 0.29) is 31.8 Å². The summed E-state index contributed by atoms with van der Waals surface area (Å²) in [7, 11) is -3.79. The lowest BCUT2D eigenvalue weighted by molar-refractivity contribution is 0.137. The molecule has 0 heterocycles. The van der Waals surface area contributed by atoms with Crippen molar-refractivity contribution in [3.8, 4) is 0 Å². The summed E-state index contributed by atoms with van der Waals surface area (Å²) in [5, 5.41) is 0.110. The maximum atomic E-state index is 12.4. The van der Waals surface area contributed by atoms with Crippen LogP contribution in [0.1, 0.15) is 20.3 Å². The van der Waals surface area contributed by atoms with Crippen molar-refractivity contribution in [2.45, 2.75) is 36.6 Å². The lowest BCUT2D eigenvalue weighted by Crippen LogP contribution is -2.59. The topological polar surface area (TPSA) is 46.2 Å². The number of sulfonamides is 1. The second-order valence-corrected chi connectivity index (χ2v) is 9.30. The first kappa shape index (κ1) is 16.8. The van der Waals surface area contributed by atoms with Gasteiger partial charge < -0.3 is 0 Å². The van der Waals surface area contributed by atoms with Gasteiger partial charge in [0.1, 0.15) is 4.90 Å². The maximum absolute atomic E-state index is 12.4. The minimum Gasteiger partial charge on any atom is -0.207 e. The van der Waals surface area contributed by atoms with Crippen LogP contribution < -0.4 is 4.72 Å². The molecule has 1 aliphatic rings. The number of hydrogen-bond donors (Lipinski definition) is 1. The van der Waals surface area contributed by atoms with Crippen LogP contribution in [0.3, 0.4) is 0 Å². The van der Waals surface area contributed by atoms with E-state index < -0.39 is 10.0 Å². The molecular weight excluding hydrogens is 408 g/mol. The van der Waals surface area contributed by atoms with Crippen molar-refractivity contribution in [2.75, 3.05) is 0 Å². The van der Waals surface area contributed by atoms with Gasteiger partial charge in [0.2, 0.25) is 10.0 Å². The van der Waals surface area contributed by atoms with Gasteiger partial charge in [-0.1, -0.05) is 53.0 Å². The standard InChI is InChI=1S/C12H13BrCl3NO2S/c1-12(2)9(16)5-10(12)17-20(18,19)11-7(14)3-6(13)4-8(11)15/h3-4,9-10,17H,5H2,1-2H3. The molecule has 2 rings (SSSR count). The number of benzene rings is 1. The van der Waals surface area contributed by atoms with Gasteiger partial charge in [-0.05, 0) is 24.0 Å². The Balaban J connectivity index is 2.33. The first-order chi connectivity index (χ1) is 9.05. The van der Waals surface area contributed by atoms with Gasteiger partial charge in [0.15, 0.2) is 0 Å². The highest BCUT2D eigenvalue weighted by Gasteiger charge is 2.49. The lowest BCUT2D eigenvalue weighted by Gasteiger charge is -2.49. The van der Waals surface area contributed by atoms with Crippen LogP contribution in [0, 0.1) is 5.41 Å². The molecule has 0 radical (unpaired) electrons. The van der Waals surface area contributed by atoms with E-state index in [1.807, 2.05) is 13.8 Å². The van der Waals surface area contributed by atoms with Gasteiger partial charge in [0.25, 0.3) is 0 Å². The molecule has 0 saturated heterocycles. The zero-order chi connectivity index (χ0) is 15.3. The molecule has 0 amide bonds. The third-order valence-corrected chi connectivity index (χ3v) is 7.27. The summed E-state index contributed by atoms with van der Waals surface area (Å²) in [6.45, 7) is 3.85. The van der Waals surface area contributed by atoms with Crippen LogP contribution in [-0.4, -0.2) is 19.8 Å². The van der Waals surface area contributed by atoms with Crippen LogP contribution in [0.5, 0.6) is 0 Å². The second kappa shape index (κ2) is 5.60. The van der Waals surface area contributed by atoms with Gasteiger partial charge >= 0.3 is 0 Å². The molecular formula is C12H13BrCl3NO2S. The van der Waals surface area contributed by atoms with Gasteiger partial charge in [-0.15, -0.1) is 11.6 Å². The summed E-state index contributed by atoms with van der Waals surface area (Å²) in [6, 6.07) is 2.77. The van der Waals surface area contributed by atoms with Crippen LogP contribution in [0.25, 0.3) is 0 Å². The first-order valence-electron chi connectivity index (χ1n) is 5.86. The maximum Gasteiger partial charge on any atom is 0.243 e. The van der Waals surface area contributed by atoms with Crippen molar-refractivity contribution >= 4 is 60.8 Å². The summed E-state index contributed by atoms with van der Waals surface area (Å²) < 4.78 is 28.1. The molecule has 1 aromatic rings. The van der Waals surface area contributed by atoms with Gasteiger partial charge in [-0.2, -0.15) is 0 Å². The molecule has 0 aromatic heterocycles. The summed E-state index contributed by atoms with van der Waals surface area (Å²) >= 11 is 21.3. The zero-order valence-electron chi connectivity index (χ0n) is 10.8. The normalized spacial score (nSPS) is 25.3. The highest BCUT2D eigenvalue weighted by Crippen LogP contribution is 2.45. The van der Waals surface area contributed by atoms with Crippen molar-refractivity contribution in [2.24, 2.45) is 5.41 Å². The van der Waals surface area contributed by atoms with Gasteiger partial charge in [-0.3, -0.25) is 0 Å². The lowest BCUT2D eigenvalue weighted by atomic mass is 9.67. The second-order valence-electron chi connectivity index (χ2n) is 5.40. The molecule has 20 heavy (non-hydrogen) atoms. The Labute approximate surface area is 142 Å². The Morgan fingerprint density at radius 2 is 1.80 bits per heavy atom. The van der Waals surface area contributed by atoms with E-state index in [9.17, 15) is 8.42 Å². The number of nitrogens with one attached hydrogen (secondary N) is 1. The van der Waals surface area contributed by atoms with Crippen LogP contribution >= 0.6 is 50.7 Å². The fourth-order valence-corrected chi connectivity index (χ4v) is 5.78. The predicted octanol–water partition coefficient (Wildman–Crippen LogP) is 4.44. The minimum absolute atomic E-state index is 0.0499. The van der Waals surface area contributed by atoms with E-state index >= 15 is 0 Å². The Bertz CT molecular complexity index is 625. The van der Waals surface area contributed by atoms with Crippen molar-refractivity contribution < 1.29 is 8.42 Å². The molecule has 8 heteroatoms. The molecule has 0 spiro atoms. The predicted molar refractivity (Wildman–Crippen MR) is 86.3 cm³/mol. The average Bonchev–Trinajstić information content (AvgIpc) is 2.26. The third-order valence-electron chi connectivity index (χ3n) is 3.68. The van der Waals surface area contributed by atoms with E-state index in [2.05, 4.69) is 20.7 Å². The Kier molecular flexibility index (Phi) is 4.71. The van der Waals surface area contributed by atoms with E-state index in [0.29, 0.717) is 10.9 Å². The van der Waals surface area contributed by atoms with E-state index in [1.165, 1.54) is 12.1 Å². The van der Waals surface area contributed by atoms with Crippen LogP contribution in [0.15, 0.2) is 21.5 Å². The van der Waals surface area contributed by atoms with Crippen molar-refractivity contribution in [3.05, 3.63) is 26.7 Å². The summed E-state index contributed by atoms with van der Waals surface area (Å²) in [6.07, 6.45) is 0.583. The Hall–Kier alpha value is 0.480.